The maximum Gasteiger partial charge on any atom is 0.206 e. The lowest BCUT2D eigenvalue weighted by atomic mass is 10.4. The number of nitrogens with one attached hydrogen (secondary N) is 1. The van der Waals surface area contributed by atoms with Crippen LogP contribution in [0.15, 0.2) is 18.3 Å². The van der Waals surface area contributed by atoms with Gasteiger partial charge in [0, 0.05) is 12.7 Å². The summed E-state index contributed by atoms with van der Waals surface area (Å²) in [6.45, 7) is 2.76. The molecule has 12 heavy (non-hydrogen) atoms. The molecule has 1 unspecified atom stereocenters. The van der Waals surface area contributed by atoms with Crippen molar-refractivity contribution in [2.75, 3.05) is 16.8 Å². The van der Waals surface area contributed by atoms with Gasteiger partial charge < -0.3 is 15.3 Å². The number of fused-ring (bicyclic) bond motifs is 1. The van der Waals surface area contributed by atoms with Crippen LogP contribution in [0.5, 0.6) is 0 Å². The van der Waals surface area contributed by atoms with Crippen LogP contribution in [0.3, 0.4) is 0 Å². The molecular formula is C8H11N3O. The number of anilines is 2. The molecule has 0 spiro atoms. The van der Waals surface area contributed by atoms with Gasteiger partial charge in [-0.15, -0.1) is 0 Å². The molecule has 1 atom stereocenters. The van der Waals surface area contributed by atoms with E-state index in [1.807, 2.05) is 24.0 Å². The van der Waals surface area contributed by atoms with Crippen molar-refractivity contribution in [2.24, 2.45) is 0 Å². The first-order valence-electron chi connectivity index (χ1n) is 3.99. The van der Waals surface area contributed by atoms with E-state index in [4.69, 9.17) is 0 Å². The number of aromatic nitrogens is 1. The van der Waals surface area contributed by atoms with Gasteiger partial charge in [0.1, 0.15) is 0 Å². The first-order chi connectivity index (χ1) is 5.83. The molecule has 0 bridgehead atoms. The van der Waals surface area contributed by atoms with Crippen LogP contribution in [0.4, 0.5) is 11.5 Å². The fourth-order valence-electron chi connectivity index (χ4n) is 1.42. The first kappa shape index (κ1) is 7.36. The van der Waals surface area contributed by atoms with Gasteiger partial charge in [0.25, 0.3) is 0 Å². The second-order valence-corrected chi connectivity index (χ2v) is 2.68. The molecule has 0 radical (unpaired) electrons. The molecule has 0 fully saturated rings. The molecule has 0 amide bonds. The molecule has 4 heteroatoms. The van der Waals surface area contributed by atoms with Crippen molar-refractivity contribution in [3.05, 3.63) is 18.3 Å². The Bertz CT molecular complexity index is 289. The van der Waals surface area contributed by atoms with E-state index in [1.54, 1.807) is 6.20 Å². The van der Waals surface area contributed by atoms with Gasteiger partial charge in [0.15, 0.2) is 5.82 Å². The normalized spacial score (nSPS) is 20.5. The highest BCUT2D eigenvalue weighted by Gasteiger charge is 2.25. The third kappa shape index (κ3) is 0.921. The standard InChI is InChI=1S/C8H11N3O/c1-2-11-6-4-3-5-9-7(6)10-8(11)12/h3-5,8,12H,2H2,1H3,(H,9,10). The largest absolute Gasteiger partial charge is 0.356 e. The molecule has 2 N–H and O–H groups in total. The summed E-state index contributed by atoms with van der Waals surface area (Å²) < 4.78 is 0. The van der Waals surface area contributed by atoms with Crippen molar-refractivity contribution in [2.45, 2.75) is 13.3 Å². The Morgan fingerprint density at radius 3 is 3.33 bits per heavy atom. The molecule has 2 heterocycles. The molecule has 1 aromatic heterocycles. The summed E-state index contributed by atoms with van der Waals surface area (Å²) in [4.78, 5) is 5.94. The van der Waals surface area contributed by atoms with E-state index < -0.39 is 6.35 Å². The number of hydrogen-bond donors (Lipinski definition) is 2. The Kier molecular flexibility index (Phi) is 1.62. The van der Waals surface area contributed by atoms with E-state index in [-0.39, 0.29) is 0 Å². The van der Waals surface area contributed by atoms with Crippen molar-refractivity contribution < 1.29 is 5.11 Å². The SMILES string of the molecule is CCN1c2cccnc2NC1O. The third-order valence-corrected chi connectivity index (χ3v) is 2.00. The predicted octanol–water partition coefficient (Wildman–Crippen LogP) is 0.609. The van der Waals surface area contributed by atoms with Gasteiger partial charge in [-0.2, -0.15) is 0 Å². The van der Waals surface area contributed by atoms with Gasteiger partial charge in [-0.25, -0.2) is 4.98 Å². The topological polar surface area (TPSA) is 48.4 Å². The van der Waals surface area contributed by atoms with Gasteiger partial charge in [0.2, 0.25) is 6.35 Å². The average molecular weight is 165 g/mol. The van der Waals surface area contributed by atoms with Gasteiger partial charge in [0.05, 0.1) is 5.69 Å². The molecule has 0 saturated heterocycles. The van der Waals surface area contributed by atoms with E-state index in [2.05, 4.69) is 10.3 Å². The minimum atomic E-state index is -0.625. The van der Waals surface area contributed by atoms with E-state index >= 15 is 0 Å². The van der Waals surface area contributed by atoms with Gasteiger partial charge >= 0.3 is 0 Å². The lowest BCUT2D eigenvalue weighted by molar-refractivity contribution is 0.205. The van der Waals surface area contributed by atoms with Crippen LogP contribution < -0.4 is 10.2 Å². The maximum absolute atomic E-state index is 9.49. The van der Waals surface area contributed by atoms with Crippen molar-refractivity contribution in [3.8, 4) is 0 Å². The number of pyridine rings is 1. The summed E-state index contributed by atoms with van der Waals surface area (Å²) in [5.41, 5.74) is 0.965. The molecule has 64 valence electrons. The highest BCUT2D eigenvalue weighted by atomic mass is 16.3. The smallest absolute Gasteiger partial charge is 0.206 e. The Morgan fingerprint density at radius 1 is 1.75 bits per heavy atom. The van der Waals surface area contributed by atoms with Crippen LogP contribution in [-0.4, -0.2) is 23.0 Å². The van der Waals surface area contributed by atoms with Crippen LogP contribution >= 0.6 is 0 Å². The zero-order chi connectivity index (χ0) is 8.55. The van der Waals surface area contributed by atoms with Crippen molar-refractivity contribution >= 4 is 11.5 Å². The highest BCUT2D eigenvalue weighted by molar-refractivity contribution is 5.71. The van der Waals surface area contributed by atoms with E-state index in [1.165, 1.54) is 0 Å². The monoisotopic (exact) mass is 165 g/mol. The Morgan fingerprint density at radius 2 is 2.58 bits per heavy atom. The maximum atomic E-state index is 9.49. The fraction of sp³-hybridized carbons (Fsp3) is 0.375. The Hall–Kier alpha value is -1.29. The molecule has 4 nitrogen and oxygen atoms in total. The Balaban J connectivity index is 2.40. The van der Waals surface area contributed by atoms with E-state index in [9.17, 15) is 5.11 Å². The summed E-state index contributed by atoms with van der Waals surface area (Å²) in [5.74, 6) is 0.756. The second kappa shape index (κ2) is 2.64. The van der Waals surface area contributed by atoms with Gasteiger partial charge in [-0.3, -0.25) is 0 Å². The minimum Gasteiger partial charge on any atom is -0.356 e. The highest BCUT2D eigenvalue weighted by Crippen LogP contribution is 2.30. The van der Waals surface area contributed by atoms with Crippen molar-refractivity contribution in [3.63, 3.8) is 0 Å². The molecule has 1 aromatic rings. The number of aliphatic hydroxyl groups excluding tert-OH is 1. The van der Waals surface area contributed by atoms with E-state index in [0.29, 0.717) is 0 Å². The molecule has 2 rings (SSSR count). The number of nitrogens with zero attached hydrogens (tertiary/aromatic N) is 2. The van der Waals surface area contributed by atoms with Crippen LogP contribution in [0.2, 0.25) is 0 Å². The van der Waals surface area contributed by atoms with Crippen LogP contribution in [0.1, 0.15) is 6.92 Å². The summed E-state index contributed by atoms with van der Waals surface area (Å²) >= 11 is 0. The third-order valence-electron chi connectivity index (χ3n) is 2.00. The molecular weight excluding hydrogens is 154 g/mol. The van der Waals surface area contributed by atoms with Crippen LogP contribution in [0.25, 0.3) is 0 Å². The number of rotatable bonds is 1. The van der Waals surface area contributed by atoms with Gasteiger partial charge in [-0.05, 0) is 19.1 Å². The lowest BCUT2D eigenvalue weighted by Gasteiger charge is -2.19. The van der Waals surface area contributed by atoms with Gasteiger partial charge in [-0.1, -0.05) is 0 Å². The molecule has 0 aromatic carbocycles. The second-order valence-electron chi connectivity index (χ2n) is 2.68. The molecule has 0 aliphatic carbocycles. The van der Waals surface area contributed by atoms with Crippen LogP contribution in [0, 0.1) is 0 Å². The average Bonchev–Trinajstić information content (AvgIpc) is 2.40. The summed E-state index contributed by atoms with van der Waals surface area (Å²) in [5, 5.41) is 12.4. The number of hydrogen-bond acceptors (Lipinski definition) is 4. The Labute approximate surface area is 70.8 Å². The molecule has 0 saturated carbocycles. The summed E-state index contributed by atoms with van der Waals surface area (Å²) in [6.07, 6.45) is 1.08. The summed E-state index contributed by atoms with van der Waals surface area (Å²) in [7, 11) is 0. The quantitative estimate of drug-likeness (QED) is 0.640. The minimum absolute atomic E-state index is 0.625. The molecule has 1 aliphatic rings. The van der Waals surface area contributed by atoms with E-state index in [0.717, 1.165) is 18.1 Å². The lowest BCUT2D eigenvalue weighted by Crippen LogP contribution is -2.34. The summed E-state index contributed by atoms with van der Waals surface area (Å²) in [6, 6.07) is 3.80. The van der Waals surface area contributed by atoms with Crippen molar-refractivity contribution in [1.29, 1.82) is 0 Å². The van der Waals surface area contributed by atoms with Crippen molar-refractivity contribution in [1.82, 2.24) is 4.98 Å². The number of aliphatic hydroxyl groups is 1. The fourth-order valence-corrected chi connectivity index (χ4v) is 1.42. The van der Waals surface area contributed by atoms with Crippen LogP contribution in [-0.2, 0) is 0 Å². The molecule has 1 aliphatic heterocycles. The first-order valence-corrected chi connectivity index (χ1v) is 3.99. The zero-order valence-electron chi connectivity index (χ0n) is 6.86. The predicted molar refractivity (Wildman–Crippen MR) is 46.9 cm³/mol. The zero-order valence-corrected chi connectivity index (χ0v) is 6.86.